The molecule has 0 spiro atoms. The molecule has 0 radical (unpaired) electrons. The number of carbonyl (C=O) groups excluding carboxylic acids is 1. The van der Waals surface area contributed by atoms with Gasteiger partial charge in [0.2, 0.25) is 5.91 Å². The van der Waals surface area contributed by atoms with Gasteiger partial charge in [0, 0.05) is 32.6 Å². The van der Waals surface area contributed by atoms with E-state index in [1.807, 2.05) is 0 Å². The molecule has 5 heteroatoms. The number of hydrogen-bond donors (Lipinski definition) is 1. The van der Waals surface area contributed by atoms with Crippen molar-refractivity contribution >= 4 is 5.91 Å². The molecule has 1 N–H and O–H groups in total. The van der Waals surface area contributed by atoms with Gasteiger partial charge in [-0.25, -0.2) is 0 Å². The lowest BCUT2D eigenvalue weighted by atomic mass is 10.1. The fraction of sp³-hybridized carbons (Fsp3) is 0.960. The molecule has 0 atom stereocenters. The highest BCUT2D eigenvalue weighted by Crippen LogP contribution is 2.12. The number of halogens is 1. The number of ether oxygens (including phenoxy) is 1. The maximum Gasteiger partial charge on any atom is 0.219 e. The number of rotatable bonds is 22. The van der Waals surface area contributed by atoms with Gasteiger partial charge in [0.25, 0.3) is 0 Å². The highest BCUT2D eigenvalue weighted by atomic mass is 127. The van der Waals surface area contributed by atoms with Gasteiger partial charge < -0.3 is 38.5 Å². The third-order valence-corrected chi connectivity index (χ3v) is 5.41. The van der Waals surface area contributed by atoms with Gasteiger partial charge >= 0.3 is 0 Å². The van der Waals surface area contributed by atoms with Crippen molar-refractivity contribution < 1.29 is 38.0 Å². The van der Waals surface area contributed by atoms with Crippen LogP contribution in [0.15, 0.2) is 0 Å². The van der Waals surface area contributed by atoms with Gasteiger partial charge in [0.05, 0.1) is 27.7 Å². The first-order chi connectivity index (χ1) is 14.0. The van der Waals surface area contributed by atoms with E-state index in [0.717, 1.165) is 50.0 Å². The van der Waals surface area contributed by atoms with E-state index in [9.17, 15) is 4.79 Å². The minimum atomic E-state index is 0. The molecule has 0 unspecified atom stereocenters. The Balaban J connectivity index is 0. The van der Waals surface area contributed by atoms with Gasteiger partial charge in [-0.05, 0) is 19.3 Å². The maximum absolute atomic E-state index is 11.8. The average Bonchev–Trinajstić information content (AvgIpc) is 2.67. The maximum atomic E-state index is 11.8. The molecule has 30 heavy (non-hydrogen) atoms. The second-order valence-electron chi connectivity index (χ2n) is 9.68. The lowest BCUT2D eigenvalue weighted by Gasteiger charge is -2.23. The van der Waals surface area contributed by atoms with Gasteiger partial charge in [-0.15, -0.1) is 0 Å². The van der Waals surface area contributed by atoms with Crippen LogP contribution in [-0.4, -0.2) is 57.8 Å². The number of nitrogens with one attached hydrogen (secondary N) is 1. The summed E-state index contributed by atoms with van der Waals surface area (Å²) in [5, 5.41) is 3.02. The van der Waals surface area contributed by atoms with Crippen LogP contribution in [0.5, 0.6) is 0 Å². The van der Waals surface area contributed by atoms with Gasteiger partial charge in [-0.1, -0.05) is 77.6 Å². The fourth-order valence-corrected chi connectivity index (χ4v) is 3.51. The van der Waals surface area contributed by atoms with Crippen LogP contribution in [0.3, 0.4) is 0 Å². The highest BCUT2D eigenvalue weighted by molar-refractivity contribution is 5.75. The predicted molar refractivity (Wildman–Crippen MR) is 126 cm³/mol. The standard InChI is InChI=1S/C25H52N2O2.HI/c1-5-6-7-8-9-10-11-12-13-14-15-17-23-29-24-18-16-20-25(28)26-21-19-22-27(2,3)4;/h5-24H2,1-4H3;1H. The molecule has 0 aromatic carbocycles. The third kappa shape index (κ3) is 28.1. The lowest BCUT2D eigenvalue weighted by Crippen LogP contribution is -3.00. The summed E-state index contributed by atoms with van der Waals surface area (Å²) < 4.78 is 6.66. The van der Waals surface area contributed by atoms with Crippen LogP contribution in [0.4, 0.5) is 0 Å². The Morgan fingerprint density at radius 1 is 0.700 bits per heavy atom. The first-order valence-electron chi connectivity index (χ1n) is 12.6. The largest absolute Gasteiger partial charge is 1.00 e. The Labute approximate surface area is 205 Å². The molecule has 4 nitrogen and oxygen atoms in total. The van der Waals surface area contributed by atoms with Crippen LogP contribution in [-0.2, 0) is 9.53 Å². The summed E-state index contributed by atoms with van der Waals surface area (Å²) in [6.45, 7) is 5.85. The Hall–Kier alpha value is 0.120. The van der Waals surface area contributed by atoms with E-state index < -0.39 is 0 Å². The van der Waals surface area contributed by atoms with Crippen molar-refractivity contribution in [3.05, 3.63) is 0 Å². The minimum Gasteiger partial charge on any atom is -1.00 e. The van der Waals surface area contributed by atoms with Crippen LogP contribution < -0.4 is 29.3 Å². The summed E-state index contributed by atoms with van der Waals surface area (Å²) in [7, 11) is 6.54. The Morgan fingerprint density at radius 3 is 1.67 bits per heavy atom. The summed E-state index contributed by atoms with van der Waals surface area (Å²) in [5.41, 5.74) is 0. The first-order valence-corrected chi connectivity index (χ1v) is 12.6. The number of amides is 1. The van der Waals surface area contributed by atoms with Crippen LogP contribution in [0, 0.1) is 0 Å². The van der Waals surface area contributed by atoms with Gasteiger partial charge in [-0.2, -0.15) is 0 Å². The summed E-state index contributed by atoms with van der Waals surface area (Å²) >= 11 is 0. The molecular weight excluding hydrogens is 487 g/mol. The normalized spacial score (nSPS) is 11.3. The third-order valence-electron chi connectivity index (χ3n) is 5.41. The molecule has 0 fully saturated rings. The summed E-state index contributed by atoms with van der Waals surface area (Å²) in [6.07, 6.45) is 20.1. The van der Waals surface area contributed by atoms with E-state index in [0.29, 0.717) is 6.42 Å². The molecule has 0 aromatic rings. The van der Waals surface area contributed by atoms with Crippen LogP contribution >= 0.6 is 0 Å². The first kappa shape index (κ1) is 32.3. The van der Waals surface area contributed by atoms with Crippen molar-refractivity contribution in [2.75, 3.05) is 47.4 Å². The second kappa shape index (κ2) is 23.8. The van der Waals surface area contributed by atoms with Crippen molar-refractivity contribution in [1.82, 2.24) is 5.32 Å². The van der Waals surface area contributed by atoms with Crippen molar-refractivity contribution in [3.63, 3.8) is 0 Å². The summed E-state index contributed by atoms with van der Waals surface area (Å²) in [5.74, 6) is 0.187. The number of quaternary nitrogens is 1. The number of carbonyl (C=O) groups is 1. The molecule has 0 rings (SSSR count). The van der Waals surface area contributed by atoms with Crippen molar-refractivity contribution in [1.29, 1.82) is 0 Å². The van der Waals surface area contributed by atoms with E-state index >= 15 is 0 Å². The quantitative estimate of drug-likeness (QED) is 0.130. The zero-order valence-electron chi connectivity index (χ0n) is 20.8. The van der Waals surface area contributed by atoms with E-state index in [-0.39, 0.29) is 29.9 Å². The molecule has 0 aliphatic rings. The molecule has 0 heterocycles. The molecule has 0 aliphatic carbocycles. The SMILES string of the molecule is CCCCCCCCCCCCCCOCCCCC(=O)NCCC[N+](C)(C)C.[I-]. The Kier molecular flexibility index (Phi) is 25.6. The van der Waals surface area contributed by atoms with Crippen molar-refractivity contribution in [2.45, 2.75) is 110 Å². The monoisotopic (exact) mass is 540 g/mol. The molecule has 0 aromatic heterocycles. The summed E-state index contributed by atoms with van der Waals surface area (Å²) in [4.78, 5) is 11.8. The molecule has 1 amide bonds. The van der Waals surface area contributed by atoms with E-state index in [1.165, 1.54) is 77.0 Å². The fourth-order valence-electron chi connectivity index (χ4n) is 3.51. The number of hydrogen-bond acceptors (Lipinski definition) is 2. The molecule has 182 valence electrons. The van der Waals surface area contributed by atoms with Crippen LogP contribution in [0.2, 0.25) is 0 Å². The molecule has 0 saturated heterocycles. The van der Waals surface area contributed by atoms with Crippen LogP contribution in [0.25, 0.3) is 0 Å². The van der Waals surface area contributed by atoms with Gasteiger partial charge in [0.1, 0.15) is 0 Å². The predicted octanol–water partition coefficient (Wildman–Crippen LogP) is 3.09. The van der Waals surface area contributed by atoms with Crippen LogP contribution in [0.1, 0.15) is 110 Å². The van der Waals surface area contributed by atoms with Crippen molar-refractivity contribution in [3.8, 4) is 0 Å². The Morgan fingerprint density at radius 2 is 1.17 bits per heavy atom. The highest BCUT2D eigenvalue weighted by Gasteiger charge is 2.06. The molecule has 0 aliphatic heterocycles. The number of nitrogens with zero attached hydrogens (tertiary/aromatic N) is 1. The van der Waals surface area contributed by atoms with E-state index in [1.54, 1.807) is 0 Å². The smallest absolute Gasteiger partial charge is 0.219 e. The Bertz CT molecular complexity index is 360. The second-order valence-corrected chi connectivity index (χ2v) is 9.68. The zero-order chi connectivity index (χ0) is 21.6. The zero-order valence-corrected chi connectivity index (χ0v) is 22.9. The molecule has 0 saturated carbocycles. The summed E-state index contributed by atoms with van der Waals surface area (Å²) in [6, 6.07) is 0. The van der Waals surface area contributed by atoms with E-state index in [4.69, 9.17) is 4.74 Å². The van der Waals surface area contributed by atoms with E-state index in [2.05, 4.69) is 33.4 Å². The topological polar surface area (TPSA) is 38.3 Å². The lowest BCUT2D eigenvalue weighted by molar-refractivity contribution is -0.870. The van der Waals surface area contributed by atoms with Gasteiger partial charge in [-0.3, -0.25) is 4.79 Å². The van der Waals surface area contributed by atoms with Crippen molar-refractivity contribution in [2.24, 2.45) is 0 Å². The molecular formula is C25H53IN2O2. The van der Waals surface area contributed by atoms with Gasteiger partial charge in [0.15, 0.2) is 0 Å². The minimum absolute atomic E-state index is 0. The number of unbranched alkanes of at least 4 members (excludes halogenated alkanes) is 12. The average molecular weight is 541 g/mol. The molecule has 0 bridgehead atoms.